The van der Waals surface area contributed by atoms with Crippen molar-refractivity contribution in [2.24, 2.45) is 0 Å². The van der Waals surface area contributed by atoms with Gasteiger partial charge in [0.15, 0.2) is 0 Å². The smallest absolute Gasteiger partial charge is 0.115 e. The number of halogens is 1. The van der Waals surface area contributed by atoms with Crippen molar-refractivity contribution in [1.82, 2.24) is 4.57 Å². The molecule has 1 saturated heterocycles. The van der Waals surface area contributed by atoms with E-state index < -0.39 is 37.1 Å². The predicted molar refractivity (Wildman–Crippen MR) is 112 cm³/mol. The molecule has 0 amide bonds. The van der Waals surface area contributed by atoms with Gasteiger partial charge < -0.3 is 34.8 Å². The highest BCUT2D eigenvalue weighted by Gasteiger charge is 2.44. The average molecular weight is 434 g/mol. The summed E-state index contributed by atoms with van der Waals surface area (Å²) in [5.74, 6) is 0.173. The Balaban J connectivity index is 1.83. The van der Waals surface area contributed by atoms with Gasteiger partial charge in [-0.1, -0.05) is 23.7 Å². The van der Waals surface area contributed by atoms with Crippen molar-refractivity contribution in [2.75, 3.05) is 6.61 Å². The van der Waals surface area contributed by atoms with Gasteiger partial charge in [0.2, 0.25) is 0 Å². The van der Waals surface area contributed by atoms with Crippen LogP contribution in [-0.4, -0.2) is 61.1 Å². The highest BCUT2D eigenvalue weighted by molar-refractivity contribution is 6.35. The summed E-state index contributed by atoms with van der Waals surface area (Å²) in [4.78, 5) is 0. The Bertz CT molecular complexity index is 1050. The van der Waals surface area contributed by atoms with Gasteiger partial charge in [-0.3, -0.25) is 0 Å². The van der Waals surface area contributed by atoms with Gasteiger partial charge in [0.1, 0.15) is 36.3 Å². The van der Waals surface area contributed by atoms with Gasteiger partial charge in [-0.2, -0.15) is 0 Å². The summed E-state index contributed by atoms with van der Waals surface area (Å²) in [5.41, 5.74) is 3.19. The molecule has 5 atom stereocenters. The maximum atomic E-state index is 10.6. The van der Waals surface area contributed by atoms with E-state index in [1.807, 2.05) is 23.6 Å². The van der Waals surface area contributed by atoms with Crippen LogP contribution in [0.4, 0.5) is 0 Å². The number of benzene rings is 2. The minimum Gasteiger partial charge on any atom is -0.508 e. The number of aromatic hydroxyl groups is 1. The second-order valence-corrected chi connectivity index (χ2v) is 8.18. The lowest BCUT2D eigenvalue weighted by Crippen LogP contribution is -2.55. The van der Waals surface area contributed by atoms with Crippen LogP contribution in [0.3, 0.4) is 0 Å². The monoisotopic (exact) mass is 433 g/mol. The topological polar surface area (TPSA) is 115 Å². The summed E-state index contributed by atoms with van der Waals surface area (Å²) in [7, 11) is 0. The molecule has 30 heavy (non-hydrogen) atoms. The van der Waals surface area contributed by atoms with Crippen molar-refractivity contribution in [3.63, 3.8) is 0 Å². The van der Waals surface area contributed by atoms with Crippen LogP contribution in [0.1, 0.15) is 22.8 Å². The van der Waals surface area contributed by atoms with Crippen LogP contribution in [0.2, 0.25) is 5.02 Å². The Labute approximate surface area is 178 Å². The van der Waals surface area contributed by atoms with E-state index in [0.29, 0.717) is 17.1 Å². The highest BCUT2D eigenvalue weighted by Crippen LogP contribution is 2.39. The molecule has 1 aromatic heterocycles. The number of phenolic OH excluding ortho intramolecular Hbond substituents is 1. The lowest BCUT2D eigenvalue weighted by molar-refractivity contribution is -0.231. The third-order valence-electron chi connectivity index (χ3n) is 5.59. The Morgan fingerprint density at radius 3 is 2.40 bits per heavy atom. The number of hydrogen-bond donors (Lipinski definition) is 5. The van der Waals surface area contributed by atoms with Gasteiger partial charge in [0.05, 0.1) is 17.1 Å². The highest BCUT2D eigenvalue weighted by atomic mass is 35.5. The van der Waals surface area contributed by atoms with Crippen molar-refractivity contribution >= 4 is 22.5 Å². The zero-order valence-corrected chi connectivity index (χ0v) is 17.1. The molecule has 1 aliphatic heterocycles. The van der Waals surface area contributed by atoms with Crippen LogP contribution in [0.5, 0.6) is 5.75 Å². The molecule has 0 bridgehead atoms. The molecule has 160 valence electrons. The quantitative estimate of drug-likeness (QED) is 0.429. The number of aliphatic hydroxyl groups is 4. The molecule has 1 aliphatic rings. The van der Waals surface area contributed by atoms with Crippen molar-refractivity contribution in [2.45, 2.75) is 44.0 Å². The van der Waals surface area contributed by atoms with E-state index >= 15 is 0 Å². The molecule has 1 fully saturated rings. The van der Waals surface area contributed by atoms with Gasteiger partial charge in [-0.05, 0) is 42.3 Å². The van der Waals surface area contributed by atoms with E-state index in [4.69, 9.17) is 16.3 Å². The van der Waals surface area contributed by atoms with Crippen LogP contribution >= 0.6 is 11.6 Å². The molecule has 0 saturated carbocycles. The van der Waals surface area contributed by atoms with E-state index in [0.717, 1.165) is 22.0 Å². The van der Waals surface area contributed by atoms with E-state index in [-0.39, 0.29) is 5.75 Å². The molecule has 4 rings (SSSR count). The summed E-state index contributed by atoms with van der Waals surface area (Å²) < 4.78 is 7.70. The maximum Gasteiger partial charge on any atom is 0.115 e. The second kappa shape index (κ2) is 8.19. The van der Waals surface area contributed by atoms with Crippen molar-refractivity contribution in [3.8, 4) is 5.75 Å². The number of rotatable bonds is 4. The molecular formula is C22H24ClNO6. The molecule has 0 spiro atoms. The van der Waals surface area contributed by atoms with E-state index in [2.05, 4.69) is 0 Å². The second-order valence-electron chi connectivity index (χ2n) is 7.77. The normalized spacial score (nSPS) is 26.9. The van der Waals surface area contributed by atoms with Gasteiger partial charge in [-0.25, -0.2) is 0 Å². The van der Waals surface area contributed by atoms with Crippen molar-refractivity contribution in [3.05, 3.63) is 64.3 Å². The van der Waals surface area contributed by atoms with E-state index in [9.17, 15) is 25.5 Å². The number of hydrogen-bond acceptors (Lipinski definition) is 6. The van der Waals surface area contributed by atoms with Crippen LogP contribution in [0.15, 0.2) is 42.6 Å². The van der Waals surface area contributed by atoms with E-state index in [1.165, 1.54) is 0 Å². The molecule has 0 aliphatic carbocycles. The number of fused-ring (bicyclic) bond motifs is 1. The summed E-state index contributed by atoms with van der Waals surface area (Å²) in [6, 6.07) is 10.6. The summed E-state index contributed by atoms with van der Waals surface area (Å²) in [5, 5.41) is 51.3. The average Bonchev–Trinajstić information content (AvgIpc) is 3.06. The number of aliphatic hydroxyl groups excluding tert-OH is 4. The number of ether oxygens (including phenoxy) is 1. The molecule has 0 unspecified atom stereocenters. The summed E-state index contributed by atoms with van der Waals surface area (Å²) in [6.45, 7) is 1.87. The Kier molecular flexibility index (Phi) is 5.76. The predicted octanol–water partition coefficient (Wildman–Crippen LogP) is 1.87. The minimum atomic E-state index is -1.46. The Morgan fingerprint density at radius 2 is 1.73 bits per heavy atom. The molecule has 5 N–H and O–H groups in total. The summed E-state index contributed by atoms with van der Waals surface area (Å²) in [6.07, 6.45) is -4.41. The van der Waals surface area contributed by atoms with Crippen LogP contribution in [0.25, 0.3) is 10.9 Å². The van der Waals surface area contributed by atoms with Gasteiger partial charge in [0, 0.05) is 23.7 Å². The first kappa shape index (κ1) is 21.1. The standard InChI is InChI=1S/C22H24ClNO6/c1-11-6-14-15(22-21(29)20(28)19(27)17(10-25)30-22)9-24(18(14)16(23)7-11)8-12-2-4-13(26)5-3-12/h2-7,9,17,19-22,25-29H,8,10H2,1H3/t17-,19-,20+,21-,22+/m1/s1. The minimum absolute atomic E-state index is 0.173. The number of aromatic nitrogens is 1. The fourth-order valence-corrected chi connectivity index (χ4v) is 4.44. The maximum absolute atomic E-state index is 10.6. The van der Waals surface area contributed by atoms with Crippen molar-refractivity contribution < 1.29 is 30.3 Å². The fraction of sp³-hybridized carbons (Fsp3) is 0.364. The zero-order valence-electron chi connectivity index (χ0n) is 16.3. The fourth-order valence-electron chi connectivity index (χ4n) is 4.06. The van der Waals surface area contributed by atoms with Gasteiger partial charge in [-0.15, -0.1) is 0 Å². The molecule has 2 aromatic carbocycles. The van der Waals surface area contributed by atoms with Crippen LogP contribution in [-0.2, 0) is 11.3 Å². The van der Waals surface area contributed by atoms with Gasteiger partial charge in [0.25, 0.3) is 0 Å². The lowest BCUT2D eigenvalue weighted by atomic mass is 9.91. The number of nitrogens with zero attached hydrogens (tertiary/aromatic N) is 1. The van der Waals surface area contributed by atoms with Gasteiger partial charge >= 0.3 is 0 Å². The van der Waals surface area contributed by atoms with Crippen LogP contribution < -0.4 is 0 Å². The Hall–Kier alpha value is -2.13. The molecule has 7 nitrogen and oxygen atoms in total. The molecular weight excluding hydrogens is 410 g/mol. The largest absolute Gasteiger partial charge is 0.508 e. The third kappa shape index (κ3) is 3.69. The first-order valence-electron chi connectivity index (χ1n) is 9.67. The number of phenols is 1. The van der Waals surface area contributed by atoms with Crippen LogP contribution in [0, 0.1) is 6.92 Å². The first-order chi connectivity index (χ1) is 14.3. The number of aryl methyl sites for hydroxylation is 1. The lowest BCUT2D eigenvalue weighted by Gasteiger charge is -2.40. The SMILES string of the molecule is Cc1cc(Cl)c2c(c1)c([C@@H]1O[C@H](CO)[C@@H](O)[C@H](O)[C@H]1O)cn2Cc1ccc(O)cc1. The molecule has 2 heterocycles. The summed E-state index contributed by atoms with van der Waals surface area (Å²) >= 11 is 6.56. The molecule has 3 aromatic rings. The zero-order chi connectivity index (χ0) is 21.6. The van der Waals surface area contributed by atoms with Crippen molar-refractivity contribution in [1.29, 1.82) is 0 Å². The molecule has 8 heteroatoms. The first-order valence-corrected chi connectivity index (χ1v) is 10.0. The van der Waals surface area contributed by atoms with E-state index in [1.54, 1.807) is 30.5 Å². The Morgan fingerprint density at radius 1 is 1.03 bits per heavy atom. The third-order valence-corrected chi connectivity index (χ3v) is 5.88. The molecule has 0 radical (unpaired) electrons.